The summed E-state index contributed by atoms with van der Waals surface area (Å²) in [6.45, 7) is 5.78. The van der Waals surface area contributed by atoms with Gasteiger partial charge in [0.2, 0.25) is 0 Å². The van der Waals surface area contributed by atoms with Gasteiger partial charge in [-0.15, -0.1) is 11.3 Å². The zero-order chi connectivity index (χ0) is 13.1. The maximum Gasteiger partial charge on any atom is 0.264 e. The Hall–Kier alpha value is -0.870. The van der Waals surface area contributed by atoms with Crippen molar-refractivity contribution in [3.05, 3.63) is 21.9 Å². The molecule has 2 unspecified atom stereocenters. The van der Waals surface area contributed by atoms with E-state index in [2.05, 4.69) is 19.9 Å². The molecule has 2 heterocycles. The molecule has 0 aromatic carbocycles. The summed E-state index contributed by atoms with van der Waals surface area (Å²) in [5.74, 6) is 0.846. The van der Waals surface area contributed by atoms with E-state index in [0.717, 1.165) is 30.7 Å². The number of aryl methyl sites for hydroxylation is 1. The van der Waals surface area contributed by atoms with Crippen molar-refractivity contribution >= 4 is 17.2 Å². The molecule has 1 aliphatic heterocycles. The maximum absolute atomic E-state index is 12.5. The Morgan fingerprint density at radius 3 is 2.94 bits per heavy atom. The summed E-state index contributed by atoms with van der Waals surface area (Å²) in [5.41, 5.74) is 5.81. The van der Waals surface area contributed by atoms with Gasteiger partial charge in [0, 0.05) is 24.0 Å². The van der Waals surface area contributed by atoms with Gasteiger partial charge in [-0.2, -0.15) is 0 Å². The lowest BCUT2D eigenvalue weighted by molar-refractivity contribution is 0.0578. The van der Waals surface area contributed by atoms with E-state index in [1.165, 1.54) is 4.88 Å². The van der Waals surface area contributed by atoms with Crippen LogP contribution in [0.4, 0.5) is 0 Å². The number of carbonyl (C=O) groups excluding carboxylic acids is 1. The van der Waals surface area contributed by atoms with E-state index >= 15 is 0 Å². The molecule has 2 N–H and O–H groups in total. The van der Waals surface area contributed by atoms with Crippen molar-refractivity contribution in [1.82, 2.24) is 4.90 Å². The van der Waals surface area contributed by atoms with Gasteiger partial charge >= 0.3 is 0 Å². The second-order valence-electron chi connectivity index (χ2n) is 5.14. The number of rotatable bonds is 3. The van der Waals surface area contributed by atoms with Crippen LogP contribution >= 0.6 is 11.3 Å². The lowest BCUT2D eigenvalue weighted by Gasteiger charge is -2.37. The molecule has 0 radical (unpaired) electrons. The third-order valence-electron chi connectivity index (χ3n) is 3.73. The lowest BCUT2D eigenvalue weighted by Crippen LogP contribution is -2.49. The number of carbonyl (C=O) groups is 1. The van der Waals surface area contributed by atoms with Crippen molar-refractivity contribution < 1.29 is 4.79 Å². The standard InChI is InChI=1S/C14H22N2OS/c1-3-12-4-5-13(18-12)14(17)16-7-6-10(2)8-11(16)9-15/h4-5,10-11H,3,6-9,15H2,1-2H3. The van der Waals surface area contributed by atoms with E-state index in [9.17, 15) is 4.79 Å². The molecule has 1 saturated heterocycles. The summed E-state index contributed by atoms with van der Waals surface area (Å²) in [6.07, 6.45) is 3.12. The van der Waals surface area contributed by atoms with E-state index < -0.39 is 0 Å². The fourth-order valence-electron chi connectivity index (χ4n) is 2.57. The van der Waals surface area contributed by atoms with Crippen molar-refractivity contribution in [3.8, 4) is 0 Å². The van der Waals surface area contributed by atoms with Gasteiger partial charge in [-0.1, -0.05) is 13.8 Å². The average molecular weight is 266 g/mol. The molecule has 4 heteroatoms. The van der Waals surface area contributed by atoms with Crippen LogP contribution in [0.1, 0.15) is 41.2 Å². The van der Waals surface area contributed by atoms with E-state index in [-0.39, 0.29) is 11.9 Å². The van der Waals surface area contributed by atoms with Gasteiger partial charge in [-0.3, -0.25) is 4.79 Å². The van der Waals surface area contributed by atoms with E-state index in [0.29, 0.717) is 12.5 Å². The second kappa shape index (κ2) is 5.85. The van der Waals surface area contributed by atoms with Gasteiger partial charge in [0.15, 0.2) is 0 Å². The SMILES string of the molecule is CCc1ccc(C(=O)N2CCC(C)CC2CN)s1. The highest BCUT2D eigenvalue weighted by atomic mass is 32.1. The summed E-state index contributed by atoms with van der Waals surface area (Å²) in [6, 6.07) is 4.23. The molecule has 1 aliphatic rings. The van der Waals surface area contributed by atoms with Gasteiger partial charge in [0.05, 0.1) is 4.88 Å². The summed E-state index contributed by atoms with van der Waals surface area (Å²) in [7, 11) is 0. The summed E-state index contributed by atoms with van der Waals surface area (Å²) >= 11 is 1.62. The number of likely N-dealkylation sites (tertiary alicyclic amines) is 1. The lowest BCUT2D eigenvalue weighted by atomic mass is 9.92. The van der Waals surface area contributed by atoms with Gasteiger partial charge < -0.3 is 10.6 Å². The van der Waals surface area contributed by atoms with Crippen LogP contribution in [0.3, 0.4) is 0 Å². The first-order chi connectivity index (χ1) is 8.65. The Morgan fingerprint density at radius 1 is 1.56 bits per heavy atom. The molecule has 0 bridgehead atoms. The van der Waals surface area contributed by atoms with Gasteiger partial charge in [-0.05, 0) is 37.3 Å². The first kappa shape index (κ1) is 13.6. The number of thiophene rings is 1. The van der Waals surface area contributed by atoms with Crippen LogP contribution in [-0.4, -0.2) is 29.9 Å². The van der Waals surface area contributed by atoms with E-state index in [1.807, 2.05) is 11.0 Å². The van der Waals surface area contributed by atoms with Crippen LogP contribution in [0.15, 0.2) is 12.1 Å². The second-order valence-corrected chi connectivity index (χ2v) is 6.31. The number of nitrogens with zero attached hydrogens (tertiary/aromatic N) is 1. The van der Waals surface area contributed by atoms with Crippen LogP contribution in [0.25, 0.3) is 0 Å². The topological polar surface area (TPSA) is 46.3 Å². The van der Waals surface area contributed by atoms with Crippen LogP contribution in [0.2, 0.25) is 0 Å². The molecule has 100 valence electrons. The average Bonchev–Trinajstić information content (AvgIpc) is 2.86. The van der Waals surface area contributed by atoms with Crippen molar-refractivity contribution in [2.24, 2.45) is 11.7 Å². The summed E-state index contributed by atoms with van der Waals surface area (Å²) in [5, 5.41) is 0. The molecule has 0 aliphatic carbocycles. The molecule has 1 amide bonds. The fourth-order valence-corrected chi connectivity index (χ4v) is 3.47. The largest absolute Gasteiger partial charge is 0.334 e. The molecule has 3 nitrogen and oxygen atoms in total. The highest BCUT2D eigenvalue weighted by Gasteiger charge is 2.30. The minimum atomic E-state index is 0.169. The third-order valence-corrected chi connectivity index (χ3v) is 4.95. The molecule has 1 aromatic rings. The molecular weight excluding hydrogens is 244 g/mol. The Labute approximate surface area is 113 Å². The zero-order valence-corrected chi connectivity index (χ0v) is 12.0. The van der Waals surface area contributed by atoms with Crippen LogP contribution in [0.5, 0.6) is 0 Å². The van der Waals surface area contributed by atoms with Gasteiger partial charge in [0.1, 0.15) is 0 Å². The van der Waals surface area contributed by atoms with Gasteiger partial charge in [-0.25, -0.2) is 0 Å². The molecule has 2 atom stereocenters. The normalized spacial score (nSPS) is 24.3. The maximum atomic E-state index is 12.5. The Bertz CT molecular complexity index is 416. The molecule has 0 spiro atoms. The van der Waals surface area contributed by atoms with Crippen molar-refractivity contribution in [3.63, 3.8) is 0 Å². The quantitative estimate of drug-likeness (QED) is 0.913. The molecule has 0 saturated carbocycles. The summed E-state index contributed by atoms with van der Waals surface area (Å²) in [4.78, 5) is 16.6. The molecule has 1 fully saturated rings. The van der Waals surface area contributed by atoms with Crippen molar-refractivity contribution in [2.45, 2.75) is 39.2 Å². The Morgan fingerprint density at radius 2 is 2.33 bits per heavy atom. The van der Waals surface area contributed by atoms with E-state index in [4.69, 9.17) is 5.73 Å². The summed E-state index contributed by atoms with van der Waals surface area (Å²) < 4.78 is 0. The molecule has 18 heavy (non-hydrogen) atoms. The molecule has 2 rings (SSSR count). The smallest absolute Gasteiger partial charge is 0.264 e. The monoisotopic (exact) mass is 266 g/mol. The predicted octanol–water partition coefficient (Wildman–Crippen LogP) is 2.51. The third kappa shape index (κ3) is 2.75. The highest BCUT2D eigenvalue weighted by Crippen LogP contribution is 2.26. The first-order valence-corrected chi connectivity index (χ1v) is 7.57. The molecular formula is C14H22N2OS. The molecule has 1 aromatic heterocycles. The Kier molecular flexibility index (Phi) is 4.40. The zero-order valence-electron chi connectivity index (χ0n) is 11.2. The number of hydrogen-bond acceptors (Lipinski definition) is 3. The van der Waals surface area contributed by atoms with Crippen LogP contribution in [-0.2, 0) is 6.42 Å². The minimum absolute atomic E-state index is 0.169. The number of piperidine rings is 1. The highest BCUT2D eigenvalue weighted by molar-refractivity contribution is 7.14. The van der Waals surface area contributed by atoms with Crippen LogP contribution in [0, 0.1) is 5.92 Å². The minimum Gasteiger partial charge on any atom is -0.334 e. The van der Waals surface area contributed by atoms with Crippen LogP contribution < -0.4 is 5.73 Å². The Balaban J connectivity index is 2.11. The number of amides is 1. The fraction of sp³-hybridized carbons (Fsp3) is 0.643. The predicted molar refractivity (Wildman–Crippen MR) is 76.0 cm³/mol. The number of nitrogens with two attached hydrogens (primary N) is 1. The van der Waals surface area contributed by atoms with Crippen molar-refractivity contribution in [1.29, 1.82) is 0 Å². The van der Waals surface area contributed by atoms with Gasteiger partial charge in [0.25, 0.3) is 5.91 Å². The first-order valence-electron chi connectivity index (χ1n) is 6.75. The van der Waals surface area contributed by atoms with E-state index in [1.54, 1.807) is 11.3 Å². The number of hydrogen-bond donors (Lipinski definition) is 1. The van der Waals surface area contributed by atoms with Crippen molar-refractivity contribution in [2.75, 3.05) is 13.1 Å².